The van der Waals surface area contributed by atoms with Gasteiger partial charge in [-0.25, -0.2) is 0 Å². The largest absolute Gasteiger partial charge is 0.310 e. The van der Waals surface area contributed by atoms with Gasteiger partial charge in [-0.15, -0.1) is 0 Å². The molecule has 5 heteroatoms. The molecule has 0 unspecified atom stereocenters. The van der Waals surface area contributed by atoms with E-state index in [-0.39, 0.29) is 12.5 Å². The van der Waals surface area contributed by atoms with Crippen molar-refractivity contribution in [3.8, 4) is 11.3 Å². The summed E-state index contributed by atoms with van der Waals surface area (Å²) in [6, 6.07) is 23.8. The Morgan fingerprint density at radius 2 is 1.79 bits per heavy atom. The zero-order chi connectivity index (χ0) is 19.1. The molecule has 138 valence electrons. The van der Waals surface area contributed by atoms with E-state index in [1.165, 1.54) is 5.56 Å². The topological polar surface area (TPSA) is 38.1 Å². The first-order valence-electron chi connectivity index (χ1n) is 9.30. The molecule has 4 aromatic rings. The number of halogens is 1. The molecule has 1 aliphatic heterocycles. The van der Waals surface area contributed by atoms with Crippen molar-refractivity contribution in [3.63, 3.8) is 0 Å². The molecule has 0 aliphatic carbocycles. The molecule has 0 fully saturated rings. The lowest BCUT2D eigenvalue weighted by Crippen LogP contribution is -2.32. The number of carbonyl (C=O) groups is 1. The van der Waals surface area contributed by atoms with Crippen LogP contribution in [0.15, 0.2) is 72.8 Å². The van der Waals surface area contributed by atoms with Gasteiger partial charge in [0.2, 0.25) is 5.91 Å². The number of benzene rings is 3. The fraction of sp³-hybridized carbons (Fsp3) is 0.130. The van der Waals surface area contributed by atoms with Crippen molar-refractivity contribution >= 4 is 34.1 Å². The van der Waals surface area contributed by atoms with E-state index in [2.05, 4.69) is 6.07 Å². The third-order valence-corrected chi connectivity index (χ3v) is 5.47. The highest BCUT2D eigenvalue weighted by molar-refractivity contribution is 6.31. The van der Waals surface area contributed by atoms with Crippen LogP contribution in [0.3, 0.4) is 0 Å². The van der Waals surface area contributed by atoms with E-state index in [1.807, 2.05) is 71.6 Å². The van der Waals surface area contributed by atoms with Crippen molar-refractivity contribution in [2.75, 3.05) is 11.4 Å². The zero-order valence-corrected chi connectivity index (χ0v) is 15.9. The van der Waals surface area contributed by atoms with Crippen LogP contribution >= 0.6 is 11.6 Å². The molecule has 2 heterocycles. The molecule has 0 bridgehead atoms. The standard InChI is InChI=1S/C23H18ClN3O/c24-18-10-11-21-19(14-18)23(17-7-2-1-3-8-17)25-27(21)15-22(28)26-13-12-16-6-4-5-9-20(16)26/h1-11,14H,12-13,15H2. The minimum Gasteiger partial charge on any atom is -0.310 e. The van der Waals surface area contributed by atoms with E-state index in [0.717, 1.165) is 40.8 Å². The number of fused-ring (bicyclic) bond motifs is 2. The van der Waals surface area contributed by atoms with Gasteiger partial charge in [-0.05, 0) is 36.2 Å². The summed E-state index contributed by atoms with van der Waals surface area (Å²) in [6.45, 7) is 0.911. The first-order chi connectivity index (χ1) is 13.7. The predicted octanol–water partition coefficient (Wildman–Crippen LogP) is 4.95. The van der Waals surface area contributed by atoms with Gasteiger partial charge >= 0.3 is 0 Å². The fourth-order valence-electron chi connectivity index (χ4n) is 3.89. The van der Waals surface area contributed by atoms with Crippen molar-refractivity contribution < 1.29 is 4.79 Å². The Balaban J connectivity index is 1.54. The Labute approximate surface area is 168 Å². The maximum Gasteiger partial charge on any atom is 0.248 e. The Hall–Kier alpha value is -3.11. The quantitative estimate of drug-likeness (QED) is 0.499. The molecule has 1 aromatic heterocycles. The van der Waals surface area contributed by atoms with Crippen molar-refractivity contribution in [3.05, 3.63) is 83.4 Å². The smallest absolute Gasteiger partial charge is 0.248 e. The average molecular weight is 388 g/mol. The van der Waals surface area contributed by atoms with Gasteiger partial charge in [-0.3, -0.25) is 9.48 Å². The number of amides is 1. The third-order valence-electron chi connectivity index (χ3n) is 5.23. The summed E-state index contributed by atoms with van der Waals surface area (Å²) in [7, 11) is 0. The molecule has 3 aromatic carbocycles. The van der Waals surface area contributed by atoms with E-state index in [1.54, 1.807) is 4.68 Å². The number of hydrogen-bond acceptors (Lipinski definition) is 2. The lowest BCUT2D eigenvalue weighted by molar-refractivity contribution is -0.119. The molecule has 1 aliphatic rings. The zero-order valence-electron chi connectivity index (χ0n) is 15.2. The molecule has 4 nitrogen and oxygen atoms in total. The maximum atomic E-state index is 13.1. The van der Waals surface area contributed by atoms with E-state index in [9.17, 15) is 4.79 Å². The number of carbonyl (C=O) groups excluding carboxylic acids is 1. The highest BCUT2D eigenvalue weighted by atomic mass is 35.5. The second-order valence-electron chi connectivity index (χ2n) is 6.96. The molecule has 0 radical (unpaired) electrons. The molecular formula is C23H18ClN3O. The SMILES string of the molecule is O=C(Cn1nc(-c2ccccc2)c2cc(Cl)ccc21)N1CCc2ccccc21. The Bertz CT molecular complexity index is 1180. The van der Waals surface area contributed by atoms with Gasteiger partial charge in [-0.2, -0.15) is 5.10 Å². The maximum absolute atomic E-state index is 13.1. The highest BCUT2D eigenvalue weighted by Gasteiger charge is 2.25. The van der Waals surface area contributed by atoms with E-state index < -0.39 is 0 Å². The second-order valence-corrected chi connectivity index (χ2v) is 7.39. The van der Waals surface area contributed by atoms with E-state index >= 15 is 0 Å². The molecule has 28 heavy (non-hydrogen) atoms. The summed E-state index contributed by atoms with van der Waals surface area (Å²) in [5.74, 6) is 0.0453. The average Bonchev–Trinajstić information content (AvgIpc) is 3.30. The summed E-state index contributed by atoms with van der Waals surface area (Å²) in [4.78, 5) is 14.9. The Kier molecular flexibility index (Phi) is 4.14. The molecule has 0 N–H and O–H groups in total. The number of aromatic nitrogens is 2. The van der Waals surface area contributed by atoms with Gasteiger partial charge in [-0.1, -0.05) is 60.1 Å². The summed E-state index contributed by atoms with van der Waals surface area (Å²) >= 11 is 6.24. The van der Waals surface area contributed by atoms with Gasteiger partial charge in [0.25, 0.3) is 0 Å². The van der Waals surface area contributed by atoms with Crippen LogP contribution in [0.4, 0.5) is 5.69 Å². The molecule has 1 amide bonds. The minimum absolute atomic E-state index is 0.0453. The van der Waals surface area contributed by atoms with Crippen LogP contribution in [0.1, 0.15) is 5.56 Å². The van der Waals surface area contributed by atoms with Crippen LogP contribution in [0, 0.1) is 0 Å². The van der Waals surface area contributed by atoms with Crippen molar-refractivity contribution in [1.29, 1.82) is 0 Å². The summed E-state index contributed by atoms with van der Waals surface area (Å²) in [6.07, 6.45) is 0.895. The predicted molar refractivity (Wildman–Crippen MR) is 113 cm³/mol. The van der Waals surface area contributed by atoms with Crippen LogP contribution in [0.2, 0.25) is 5.02 Å². The molecule has 5 rings (SSSR count). The first kappa shape index (κ1) is 17.0. The lowest BCUT2D eigenvalue weighted by atomic mass is 10.1. The fourth-order valence-corrected chi connectivity index (χ4v) is 4.06. The van der Waals surface area contributed by atoms with Crippen LogP contribution in [0.25, 0.3) is 22.2 Å². The van der Waals surface area contributed by atoms with Gasteiger partial charge in [0.15, 0.2) is 0 Å². The second kappa shape index (κ2) is 6.80. The van der Waals surface area contributed by atoms with E-state index in [4.69, 9.17) is 16.7 Å². The van der Waals surface area contributed by atoms with E-state index in [0.29, 0.717) is 5.02 Å². The van der Waals surface area contributed by atoms with Crippen molar-refractivity contribution in [1.82, 2.24) is 9.78 Å². The van der Waals surface area contributed by atoms with Gasteiger partial charge in [0.1, 0.15) is 12.2 Å². The number of hydrogen-bond donors (Lipinski definition) is 0. The van der Waals surface area contributed by atoms with Crippen LogP contribution in [-0.4, -0.2) is 22.2 Å². The van der Waals surface area contributed by atoms with Gasteiger partial charge in [0, 0.05) is 28.2 Å². The molecule has 0 atom stereocenters. The summed E-state index contributed by atoms with van der Waals surface area (Å²) in [5.41, 5.74) is 4.98. The molecule has 0 spiro atoms. The number of nitrogens with zero attached hydrogens (tertiary/aromatic N) is 3. The van der Waals surface area contributed by atoms with Crippen LogP contribution < -0.4 is 4.90 Å². The van der Waals surface area contributed by atoms with Crippen LogP contribution in [-0.2, 0) is 17.8 Å². The molecule has 0 saturated carbocycles. The van der Waals surface area contributed by atoms with Crippen LogP contribution in [0.5, 0.6) is 0 Å². The van der Waals surface area contributed by atoms with Crippen molar-refractivity contribution in [2.24, 2.45) is 0 Å². The summed E-state index contributed by atoms with van der Waals surface area (Å²) < 4.78 is 1.79. The Morgan fingerprint density at radius 1 is 1.00 bits per heavy atom. The number of para-hydroxylation sites is 1. The summed E-state index contributed by atoms with van der Waals surface area (Å²) in [5, 5.41) is 6.39. The molecular weight excluding hydrogens is 370 g/mol. The monoisotopic (exact) mass is 387 g/mol. The third kappa shape index (κ3) is 2.86. The lowest BCUT2D eigenvalue weighted by Gasteiger charge is -2.17. The molecule has 0 saturated heterocycles. The Morgan fingerprint density at radius 3 is 2.64 bits per heavy atom. The van der Waals surface area contributed by atoms with Gasteiger partial charge < -0.3 is 4.90 Å². The number of rotatable bonds is 3. The highest BCUT2D eigenvalue weighted by Crippen LogP contribution is 2.31. The normalized spacial score (nSPS) is 13.1. The number of anilines is 1. The van der Waals surface area contributed by atoms with Crippen molar-refractivity contribution in [2.45, 2.75) is 13.0 Å². The first-order valence-corrected chi connectivity index (χ1v) is 9.68. The minimum atomic E-state index is 0.0453. The van der Waals surface area contributed by atoms with Gasteiger partial charge in [0.05, 0.1) is 5.52 Å².